The van der Waals surface area contributed by atoms with Crippen molar-refractivity contribution in [3.63, 3.8) is 0 Å². The lowest BCUT2D eigenvalue weighted by Crippen LogP contribution is -2.42. The van der Waals surface area contributed by atoms with Gasteiger partial charge >= 0.3 is 0 Å². The van der Waals surface area contributed by atoms with Gasteiger partial charge in [0.1, 0.15) is 6.10 Å². The molecule has 1 atom stereocenters. The van der Waals surface area contributed by atoms with Crippen molar-refractivity contribution in [1.82, 2.24) is 9.88 Å². The molecular formula is C28H25Cl2N3O. The van der Waals surface area contributed by atoms with E-state index in [9.17, 15) is 0 Å². The molecule has 3 aliphatic rings. The zero-order chi connectivity index (χ0) is 23.1. The van der Waals surface area contributed by atoms with Gasteiger partial charge in [-0.1, -0.05) is 59.6 Å². The average Bonchev–Trinajstić information content (AvgIpc) is 3.49. The van der Waals surface area contributed by atoms with Crippen LogP contribution in [-0.2, 0) is 16.9 Å². The Morgan fingerprint density at radius 1 is 1.00 bits per heavy atom. The summed E-state index contributed by atoms with van der Waals surface area (Å²) in [4.78, 5) is 11.4. The first-order valence-electron chi connectivity index (χ1n) is 11.7. The highest BCUT2D eigenvalue weighted by atomic mass is 35.5. The van der Waals surface area contributed by atoms with Crippen molar-refractivity contribution in [1.29, 1.82) is 0 Å². The Kier molecular flexibility index (Phi) is 5.78. The summed E-state index contributed by atoms with van der Waals surface area (Å²) in [6.45, 7) is 3.53. The maximum atomic E-state index is 6.85. The monoisotopic (exact) mass is 489 g/mol. The van der Waals surface area contributed by atoms with E-state index < -0.39 is 0 Å². The Bertz CT molecular complexity index is 1260. The number of hydrogen-bond donors (Lipinski definition) is 0. The molecule has 6 rings (SSSR count). The summed E-state index contributed by atoms with van der Waals surface area (Å²) in [5.41, 5.74) is 6.63. The van der Waals surface area contributed by atoms with Crippen molar-refractivity contribution in [3.05, 3.63) is 105 Å². The fourth-order valence-electron chi connectivity index (χ4n) is 5.39. The van der Waals surface area contributed by atoms with Crippen molar-refractivity contribution in [2.45, 2.75) is 31.1 Å². The summed E-state index contributed by atoms with van der Waals surface area (Å²) in [7, 11) is 0. The molecule has 3 aromatic rings. The van der Waals surface area contributed by atoms with E-state index in [2.05, 4.69) is 52.4 Å². The number of allylic oxidation sites excluding steroid dienone is 1. The van der Waals surface area contributed by atoms with Crippen molar-refractivity contribution in [3.8, 4) is 0 Å². The molecule has 6 heteroatoms. The normalized spacial score (nSPS) is 21.1. The number of halogens is 2. The lowest BCUT2D eigenvalue weighted by Gasteiger charge is -2.39. The van der Waals surface area contributed by atoms with Gasteiger partial charge in [0.15, 0.2) is 0 Å². The molecule has 2 aromatic carbocycles. The van der Waals surface area contributed by atoms with E-state index in [-0.39, 0.29) is 11.7 Å². The van der Waals surface area contributed by atoms with Crippen LogP contribution in [0.15, 0.2) is 71.9 Å². The van der Waals surface area contributed by atoms with Gasteiger partial charge in [0.25, 0.3) is 0 Å². The van der Waals surface area contributed by atoms with E-state index in [1.807, 2.05) is 24.5 Å². The van der Waals surface area contributed by atoms with Gasteiger partial charge in [0.05, 0.1) is 17.8 Å². The maximum absolute atomic E-state index is 6.85. The molecule has 0 amide bonds. The lowest BCUT2D eigenvalue weighted by molar-refractivity contribution is -0.0979. The molecule has 0 N–H and O–H groups in total. The molecule has 0 saturated carbocycles. The van der Waals surface area contributed by atoms with Gasteiger partial charge in [-0.25, -0.2) is 0 Å². The summed E-state index contributed by atoms with van der Waals surface area (Å²) < 4.78 is 6.85. The van der Waals surface area contributed by atoms with Gasteiger partial charge in [0, 0.05) is 47.7 Å². The summed E-state index contributed by atoms with van der Waals surface area (Å²) in [6.07, 6.45) is 7.74. The minimum Gasteiger partial charge on any atom is -0.358 e. The summed E-state index contributed by atoms with van der Waals surface area (Å²) in [5.74, 6) is 0. The number of aliphatic imine (C=N–C) groups is 1. The Hall–Kier alpha value is -2.50. The number of likely N-dealkylation sites (tertiary alicyclic amines) is 1. The van der Waals surface area contributed by atoms with E-state index in [0.29, 0.717) is 10.0 Å². The molecule has 1 unspecified atom stereocenters. The Labute approximate surface area is 209 Å². The van der Waals surface area contributed by atoms with Gasteiger partial charge in [-0.05, 0) is 59.4 Å². The SMILES string of the molecule is Clc1cc(Cl)cc(C2OC3(CCN(Cc4ccc(C5=CCN=C5)cn4)CC3)c3ccccc32)c1. The second-order valence-corrected chi connectivity index (χ2v) is 10.1. The smallest absolute Gasteiger partial charge is 0.109 e. The Morgan fingerprint density at radius 2 is 1.79 bits per heavy atom. The molecule has 4 heterocycles. The molecule has 1 aromatic heterocycles. The van der Waals surface area contributed by atoms with Crippen LogP contribution < -0.4 is 0 Å². The Balaban J connectivity index is 1.18. The first kappa shape index (κ1) is 22.0. The first-order valence-corrected chi connectivity index (χ1v) is 12.5. The van der Waals surface area contributed by atoms with Gasteiger partial charge in [-0.2, -0.15) is 0 Å². The summed E-state index contributed by atoms with van der Waals surface area (Å²) in [6, 6.07) is 18.6. The van der Waals surface area contributed by atoms with Crippen LogP contribution in [0.4, 0.5) is 0 Å². The van der Waals surface area contributed by atoms with E-state index in [1.165, 1.54) is 11.1 Å². The van der Waals surface area contributed by atoms with Gasteiger partial charge in [-0.15, -0.1) is 0 Å². The largest absolute Gasteiger partial charge is 0.358 e. The first-order chi connectivity index (χ1) is 16.6. The minimum atomic E-state index is -0.280. The highest BCUT2D eigenvalue weighted by Gasteiger charge is 2.47. The topological polar surface area (TPSA) is 37.7 Å². The number of benzene rings is 2. The predicted molar refractivity (Wildman–Crippen MR) is 138 cm³/mol. The summed E-state index contributed by atoms with van der Waals surface area (Å²) in [5, 5.41) is 1.27. The second-order valence-electron chi connectivity index (χ2n) is 9.25. The number of fused-ring (bicyclic) bond motifs is 2. The third kappa shape index (κ3) is 4.09. The van der Waals surface area contributed by atoms with E-state index >= 15 is 0 Å². The zero-order valence-corrected chi connectivity index (χ0v) is 20.3. The number of nitrogens with zero attached hydrogens (tertiary/aromatic N) is 3. The highest BCUT2D eigenvalue weighted by Crippen LogP contribution is 2.51. The fourth-order valence-corrected chi connectivity index (χ4v) is 5.93. The van der Waals surface area contributed by atoms with Crippen LogP contribution in [0.3, 0.4) is 0 Å². The van der Waals surface area contributed by atoms with Crippen molar-refractivity contribution < 1.29 is 4.74 Å². The van der Waals surface area contributed by atoms with Crippen LogP contribution in [-0.4, -0.2) is 35.7 Å². The highest BCUT2D eigenvalue weighted by molar-refractivity contribution is 6.34. The number of rotatable bonds is 4. The molecule has 4 nitrogen and oxygen atoms in total. The van der Waals surface area contributed by atoms with Gasteiger partial charge in [-0.3, -0.25) is 14.9 Å². The molecular weight excluding hydrogens is 465 g/mol. The molecule has 3 aliphatic heterocycles. The van der Waals surface area contributed by atoms with Crippen LogP contribution in [0.25, 0.3) is 5.57 Å². The van der Waals surface area contributed by atoms with Crippen molar-refractivity contribution in [2.75, 3.05) is 19.6 Å². The van der Waals surface area contributed by atoms with E-state index in [4.69, 9.17) is 32.9 Å². The van der Waals surface area contributed by atoms with E-state index in [1.54, 1.807) is 6.07 Å². The zero-order valence-electron chi connectivity index (χ0n) is 18.8. The molecule has 34 heavy (non-hydrogen) atoms. The van der Waals surface area contributed by atoms with Gasteiger partial charge < -0.3 is 4.74 Å². The number of aromatic nitrogens is 1. The maximum Gasteiger partial charge on any atom is 0.109 e. The van der Waals surface area contributed by atoms with Crippen LogP contribution >= 0.6 is 23.2 Å². The average molecular weight is 490 g/mol. The lowest BCUT2D eigenvalue weighted by atomic mass is 9.83. The number of pyridine rings is 1. The summed E-state index contributed by atoms with van der Waals surface area (Å²) >= 11 is 12.6. The third-order valence-electron chi connectivity index (χ3n) is 7.12. The fraction of sp³-hybridized carbons (Fsp3) is 0.286. The number of hydrogen-bond acceptors (Lipinski definition) is 4. The molecule has 1 spiro atoms. The molecule has 172 valence electrons. The van der Waals surface area contributed by atoms with Crippen LogP contribution in [0.5, 0.6) is 0 Å². The molecule has 1 saturated heterocycles. The third-order valence-corrected chi connectivity index (χ3v) is 7.56. The van der Waals surface area contributed by atoms with E-state index in [0.717, 1.165) is 61.4 Å². The second kappa shape index (κ2) is 8.94. The standard InChI is InChI=1S/C28H25Cl2N3O/c29-22-13-21(14-23(30)15-22)27-25-3-1-2-4-26(25)28(34-27)8-11-33(12-9-28)18-24-6-5-19(17-32-24)20-7-10-31-16-20/h1-7,13-17,27H,8-12,18H2. The molecule has 0 radical (unpaired) electrons. The number of ether oxygens (including phenoxy) is 1. The Morgan fingerprint density at radius 3 is 2.50 bits per heavy atom. The number of piperidine rings is 1. The molecule has 0 bridgehead atoms. The van der Waals surface area contributed by atoms with Gasteiger partial charge in [0.2, 0.25) is 0 Å². The van der Waals surface area contributed by atoms with Crippen molar-refractivity contribution in [2.24, 2.45) is 4.99 Å². The minimum absolute atomic E-state index is 0.151. The van der Waals surface area contributed by atoms with Crippen molar-refractivity contribution >= 4 is 35.0 Å². The molecule has 0 aliphatic carbocycles. The van der Waals surface area contributed by atoms with Crippen LogP contribution in [0.2, 0.25) is 10.0 Å². The van der Waals surface area contributed by atoms with Crippen LogP contribution in [0.1, 0.15) is 46.9 Å². The predicted octanol–water partition coefficient (Wildman–Crippen LogP) is 6.47. The van der Waals surface area contributed by atoms with Crippen LogP contribution in [0, 0.1) is 0 Å². The quantitative estimate of drug-likeness (QED) is 0.421. The molecule has 1 fully saturated rings.